The minimum Gasteiger partial charge on any atom is -0.475 e. The number of hydrogen-bond donors (Lipinski definition) is 3. The summed E-state index contributed by atoms with van der Waals surface area (Å²) in [7, 11) is 0. The molecular weight excluding hydrogens is 658 g/mol. The first-order valence-electron chi connectivity index (χ1n) is 19.0. The highest BCUT2D eigenvalue weighted by atomic mass is 16.5. The molecule has 2 aromatic heterocycles. The van der Waals surface area contributed by atoms with E-state index in [1.165, 1.54) is 5.57 Å². The van der Waals surface area contributed by atoms with Gasteiger partial charge in [0.05, 0.1) is 37.3 Å². The van der Waals surface area contributed by atoms with Gasteiger partial charge in [0.2, 0.25) is 17.7 Å². The molecule has 1 saturated carbocycles. The normalized spacial score (nSPS) is 27.8. The molecule has 4 fully saturated rings. The number of amides is 2. The fourth-order valence-electron chi connectivity index (χ4n) is 9.12. The molecule has 5 atom stereocenters. The largest absolute Gasteiger partial charge is 0.475 e. The molecule has 1 spiro atoms. The summed E-state index contributed by atoms with van der Waals surface area (Å²) in [5, 5.41) is 13.6. The number of likely N-dealkylation sites (tertiary alicyclic amines) is 2. The van der Waals surface area contributed by atoms with E-state index in [4.69, 9.17) is 9.84 Å². The quantitative estimate of drug-likeness (QED) is 0.288. The number of aliphatic hydroxyl groups excluding tert-OH is 1. The molecule has 13 nitrogen and oxygen atoms in total. The van der Waals surface area contributed by atoms with Crippen molar-refractivity contribution in [1.29, 1.82) is 0 Å². The Kier molecular flexibility index (Phi) is 9.86. The van der Waals surface area contributed by atoms with Gasteiger partial charge in [-0.15, -0.1) is 0 Å². The van der Waals surface area contributed by atoms with Gasteiger partial charge >= 0.3 is 0 Å². The van der Waals surface area contributed by atoms with Crippen LogP contribution in [0.2, 0.25) is 0 Å². The summed E-state index contributed by atoms with van der Waals surface area (Å²) < 4.78 is 7.39. The Balaban J connectivity index is 0.831. The van der Waals surface area contributed by atoms with Gasteiger partial charge in [-0.3, -0.25) is 24.6 Å². The topological polar surface area (TPSA) is 141 Å². The van der Waals surface area contributed by atoms with E-state index in [0.29, 0.717) is 62.3 Å². The molecule has 4 aliphatic heterocycles. The zero-order chi connectivity index (χ0) is 35.8. The van der Waals surface area contributed by atoms with Crippen LogP contribution in [0.15, 0.2) is 55.0 Å². The lowest BCUT2D eigenvalue weighted by Crippen LogP contribution is -2.47. The Hall–Kier alpha value is -4.17. The monoisotopic (exact) mass is 709 g/mol. The summed E-state index contributed by atoms with van der Waals surface area (Å²) in [6, 6.07) is 13.0. The molecule has 13 heteroatoms. The van der Waals surface area contributed by atoms with E-state index in [-0.39, 0.29) is 36.1 Å². The zero-order valence-corrected chi connectivity index (χ0v) is 30.3. The number of hydrazine groups is 1. The van der Waals surface area contributed by atoms with Crippen LogP contribution in [0.5, 0.6) is 5.88 Å². The Labute approximate surface area is 305 Å². The van der Waals surface area contributed by atoms with Crippen molar-refractivity contribution in [2.75, 3.05) is 45.9 Å². The SMILES string of the molecule is CC(C)Oc1ccc(C2NNC3CCC(N4CC[C@]5(CCN(CC(=O)N6CC=C(c7ccc(-c8ncn(CCO)n8)cc7)CC6)C5)C4=O)CC32)cn1. The number of rotatable bonds is 10. The summed E-state index contributed by atoms with van der Waals surface area (Å²) >= 11 is 0. The molecule has 3 N–H and O–H groups in total. The lowest BCUT2D eigenvalue weighted by molar-refractivity contribution is -0.139. The maximum atomic E-state index is 14.2. The molecule has 52 heavy (non-hydrogen) atoms. The van der Waals surface area contributed by atoms with E-state index < -0.39 is 0 Å². The van der Waals surface area contributed by atoms with Crippen molar-refractivity contribution in [3.63, 3.8) is 0 Å². The average molecular weight is 710 g/mol. The van der Waals surface area contributed by atoms with Crippen LogP contribution in [-0.2, 0) is 16.1 Å². The number of hydrogen-bond acceptors (Lipinski definition) is 10. The Morgan fingerprint density at radius 2 is 1.87 bits per heavy atom. The lowest BCUT2D eigenvalue weighted by atomic mass is 9.77. The molecule has 0 radical (unpaired) electrons. The molecule has 5 aliphatic rings. The van der Waals surface area contributed by atoms with Gasteiger partial charge < -0.3 is 19.6 Å². The maximum Gasteiger partial charge on any atom is 0.237 e. The van der Waals surface area contributed by atoms with E-state index in [9.17, 15) is 9.59 Å². The number of benzene rings is 1. The molecule has 3 aromatic rings. The van der Waals surface area contributed by atoms with Crippen LogP contribution >= 0.6 is 0 Å². The minimum atomic E-state index is -0.369. The average Bonchev–Trinajstić information content (AvgIpc) is 3.96. The molecule has 3 saturated heterocycles. The van der Waals surface area contributed by atoms with Crippen LogP contribution in [0.4, 0.5) is 0 Å². The third-order valence-electron chi connectivity index (χ3n) is 11.9. The molecule has 4 unspecified atom stereocenters. The molecule has 1 aromatic carbocycles. The number of nitrogens with one attached hydrogen (secondary N) is 2. The number of ether oxygens (including phenoxy) is 1. The van der Waals surface area contributed by atoms with Gasteiger partial charge in [-0.05, 0) is 81.5 Å². The van der Waals surface area contributed by atoms with E-state index in [2.05, 4.69) is 60.0 Å². The molecule has 2 amide bonds. The van der Waals surface area contributed by atoms with Crippen LogP contribution in [0.1, 0.15) is 69.5 Å². The van der Waals surface area contributed by atoms with E-state index in [1.807, 2.05) is 43.1 Å². The molecular formula is C39H51N9O4. The molecule has 6 heterocycles. The minimum absolute atomic E-state index is 0.0245. The zero-order valence-electron chi connectivity index (χ0n) is 30.3. The van der Waals surface area contributed by atoms with Gasteiger partial charge in [-0.25, -0.2) is 15.4 Å². The first kappa shape index (κ1) is 34.9. The van der Waals surface area contributed by atoms with Crippen molar-refractivity contribution in [3.8, 4) is 17.3 Å². The van der Waals surface area contributed by atoms with Crippen LogP contribution in [0.3, 0.4) is 0 Å². The predicted molar refractivity (Wildman–Crippen MR) is 195 cm³/mol. The van der Waals surface area contributed by atoms with Gasteiger partial charge in [0, 0.05) is 56.1 Å². The standard InChI is InChI=1S/C39H51N9O4/c1-26(2)52-34-10-7-30(22-40-34)36-32-21-31(8-9-33(32)42-43-36)48-18-14-39(38(48)51)13-17-45(24-39)23-35(50)46-15-11-28(12-16-46)27-3-5-29(6-4-27)37-41-25-47(44-37)19-20-49/h3-7,10-11,22,25-26,31-33,36,42-43,49H,8-9,12-21,23-24H2,1-2H3/t31?,32?,33?,36?,39-/m0/s1. The van der Waals surface area contributed by atoms with Gasteiger partial charge in [0.25, 0.3) is 0 Å². The summed E-state index contributed by atoms with van der Waals surface area (Å²) in [6.07, 6.45) is 11.3. The highest BCUT2D eigenvalue weighted by Crippen LogP contribution is 2.45. The Morgan fingerprint density at radius 1 is 1.04 bits per heavy atom. The van der Waals surface area contributed by atoms with Crippen LogP contribution < -0.4 is 15.6 Å². The number of pyridine rings is 1. The first-order valence-corrected chi connectivity index (χ1v) is 19.0. The van der Waals surface area contributed by atoms with Gasteiger partial charge in [0.1, 0.15) is 6.33 Å². The van der Waals surface area contributed by atoms with Crippen molar-refractivity contribution in [2.45, 2.75) is 83.1 Å². The summed E-state index contributed by atoms with van der Waals surface area (Å²) in [5.74, 6) is 2.09. The lowest BCUT2D eigenvalue weighted by Gasteiger charge is -2.38. The van der Waals surface area contributed by atoms with Crippen LogP contribution in [0, 0.1) is 11.3 Å². The predicted octanol–water partition coefficient (Wildman–Crippen LogP) is 3.05. The highest BCUT2D eigenvalue weighted by molar-refractivity contribution is 5.86. The van der Waals surface area contributed by atoms with E-state index in [1.54, 1.807) is 11.0 Å². The van der Waals surface area contributed by atoms with Crippen LogP contribution in [-0.4, -0.2) is 115 Å². The highest BCUT2D eigenvalue weighted by Gasteiger charge is 2.53. The third-order valence-corrected chi connectivity index (χ3v) is 11.9. The molecule has 0 bridgehead atoms. The second-order valence-electron chi connectivity index (χ2n) is 15.5. The van der Waals surface area contributed by atoms with Crippen molar-refractivity contribution >= 4 is 17.4 Å². The number of carbonyl (C=O) groups excluding carboxylic acids is 2. The summed E-state index contributed by atoms with van der Waals surface area (Å²) in [4.78, 5) is 42.9. The molecule has 276 valence electrons. The number of aliphatic hydroxyl groups is 1. The van der Waals surface area contributed by atoms with Gasteiger partial charge in [-0.2, -0.15) is 5.10 Å². The Morgan fingerprint density at radius 3 is 2.62 bits per heavy atom. The number of nitrogens with zero attached hydrogens (tertiary/aromatic N) is 7. The van der Waals surface area contributed by atoms with Crippen LogP contribution in [0.25, 0.3) is 17.0 Å². The Bertz CT molecular complexity index is 1780. The smallest absolute Gasteiger partial charge is 0.237 e. The molecule has 8 rings (SSSR count). The van der Waals surface area contributed by atoms with Crippen molar-refractivity contribution in [2.24, 2.45) is 11.3 Å². The van der Waals surface area contributed by atoms with Crippen molar-refractivity contribution < 1.29 is 19.4 Å². The number of aromatic nitrogens is 4. The second kappa shape index (κ2) is 14.7. The van der Waals surface area contributed by atoms with E-state index >= 15 is 0 Å². The molecule has 1 aliphatic carbocycles. The van der Waals surface area contributed by atoms with Crippen molar-refractivity contribution in [3.05, 3.63) is 66.1 Å². The number of fused-ring (bicyclic) bond motifs is 1. The fourth-order valence-corrected chi connectivity index (χ4v) is 9.12. The van der Waals surface area contributed by atoms with Gasteiger partial charge in [-0.1, -0.05) is 36.4 Å². The van der Waals surface area contributed by atoms with Crippen molar-refractivity contribution in [1.82, 2.24) is 45.3 Å². The van der Waals surface area contributed by atoms with E-state index in [0.717, 1.165) is 68.3 Å². The third kappa shape index (κ3) is 6.99. The maximum absolute atomic E-state index is 14.2. The first-order chi connectivity index (χ1) is 25.3. The summed E-state index contributed by atoms with van der Waals surface area (Å²) in [6.45, 7) is 8.36. The second-order valence-corrected chi connectivity index (χ2v) is 15.5. The fraction of sp³-hybridized carbons (Fsp3) is 0.564. The van der Waals surface area contributed by atoms with Gasteiger partial charge in [0.15, 0.2) is 5.82 Å². The number of carbonyl (C=O) groups is 2. The summed E-state index contributed by atoms with van der Waals surface area (Å²) in [5.41, 5.74) is 11.1.